The predicted octanol–water partition coefficient (Wildman–Crippen LogP) is 4.99. The molecule has 0 amide bonds. The first kappa shape index (κ1) is 38.6. The van der Waals surface area contributed by atoms with Crippen molar-refractivity contribution in [2.24, 2.45) is 5.92 Å². The van der Waals surface area contributed by atoms with Gasteiger partial charge in [-0.05, 0) is 50.7 Å². The number of hydrogen-bond donors (Lipinski definition) is 1. The molecule has 0 radical (unpaired) electrons. The number of aromatic nitrogens is 2. The fourth-order valence-corrected chi connectivity index (χ4v) is 3.79. The molecule has 1 aliphatic rings. The fourth-order valence-electron chi connectivity index (χ4n) is 3.79. The van der Waals surface area contributed by atoms with Gasteiger partial charge >= 0.3 is 57.6 Å². The number of methoxy groups -OCH3 is 1. The Morgan fingerprint density at radius 1 is 1.21 bits per heavy atom. The Hall–Kier alpha value is -2.38. The topological polar surface area (TPSA) is 94.7 Å². The molecule has 1 aromatic carbocycles. The first-order valence-corrected chi connectivity index (χ1v) is 13.8. The Bertz CT molecular complexity index is 1290. The molecular weight excluding hydrogens is 586 g/mol. The maximum atomic E-state index is 12.9. The number of halogens is 3. The predicted molar refractivity (Wildman–Crippen MR) is 160 cm³/mol. The van der Waals surface area contributed by atoms with Gasteiger partial charge in [0.2, 0.25) is 5.90 Å². The van der Waals surface area contributed by atoms with Crippen LogP contribution in [0.25, 0.3) is 16.6 Å². The molecule has 0 atom stereocenters. The molecule has 1 N–H and O–H groups in total. The first-order chi connectivity index (χ1) is 19.8. The third kappa shape index (κ3) is 11.2. The number of nitrogens with zero attached hydrogens (tertiary/aromatic N) is 4. The molecule has 8 nitrogen and oxygen atoms in total. The Kier molecular flexibility index (Phi) is 16.0. The van der Waals surface area contributed by atoms with Crippen LogP contribution in [0.4, 0.5) is 13.2 Å². The summed E-state index contributed by atoms with van der Waals surface area (Å²) in [5.41, 5.74) is 2.28. The van der Waals surface area contributed by atoms with Crippen molar-refractivity contribution in [1.29, 1.82) is 5.41 Å². The van der Waals surface area contributed by atoms with Gasteiger partial charge < -0.3 is 24.4 Å². The Labute approximate surface area is 295 Å². The molecule has 2 aromatic rings. The monoisotopic (exact) mass is 627 g/mol. The first-order valence-electron chi connectivity index (χ1n) is 13.8. The second-order valence-corrected chi connectivity index (χ2v) is 9.67. The van der Waals surface area contributed by atoms with E-state index < -0.39 is 11.7 Å². The van der Waals surface area contributed by atoms with Gasteiger partial charge in [0.15, 0.2) is 11.6 Å². The largest absolute Gasteiger partial charge is 1.00 e. The van der Waals surface area contributed by atoms with Gasteiger partial charge in [0.1, 0.15) is 6.61 Å². The van der Waals surface area contributed by atoms with Gasteiger partial charge in [0, 0.05) is 24.5 Å². The van der Waals surface area contributed by atoms with E-state index in [1.165, 1.54) is 25.3 Å². The molecule has 1 heterocycles. The van der Waals surface area contributed by atoms with Crippen molar-refractivity contribution in [1.82, 2.24) is 14.9 Å². The third-order valence-electron chi connectivity index (χ3n) is 6.12. The van der Waals surface area contributed by atoms with Gasteiger partial charge in [-0.2, -0.15) is 18.2 Å². The van der Waals surface area contributed by atoms with E-state index in [1.807, 2.05) is 27.7 Å². The minimum Gasteiger partial charge on any atom is -0.689 e. The summed E-state index contributed by atoms with van der Waals surface area (Å²) < 4.78 is 55.8. The maximum absolute atomic E-state index is 12.9. The normalized spacial score (nSPS) is 13.5. The summed E-state index contributed by atoms with van der Waals surface area (Å²) >= 11 is 0. The molecule has 1 aliphatic carbocycles. The zero-order valence-electron chi connectivity index (χ0n) is 26.6. The summed E-state index contributed by atoms with van der Waals surface area (Å²) in [6.45, 7) is 12.8. The third-order valence-corrected chi connectivity index (χ3v) is 6.12. The van der Waals surface area contributed by atoms with Crippen LogP contribution in [0, 0.1) is 11.3 Å². The van der Waals surface area contributed by atoms with E-state index in [0.717, 1.165) is 37.2 Å². The maximum Gasteiger partial charge on any atom is 1.00 e. The van der Waals surface area contributed by atoms with E-state index in [2.05, 4.69) is 21.9 Å². The molecule has 12 heteroatoms. The molecule has 3 rings (SSSR count). The SMILES string of the molecule is C=C(c1ccc(COc2nc(/C(C(=N)OC)=C(/[N-]C)C3CC3)ncc2OC(C)C)cc1)N(C)/C=C(\C)C(F)(F)F.CC.[K+]. The number of hydrogen-bond acceptors (Lipinski definition) is 7. The minimum atomic E-state index is -4.40. The zero-order valence-corrected chi connectivity index (χ0v) is 29.7. The average molecular weight is 628 g/mol. The Morgan fingerprint density at radius 2 is 1.81 bits per heavy atom. The number of ether oxygens (including phenoxy) is 3. The van der Waals surface area contributed by atoms with Crippen LogP contribution in [0.1, 0.15) is 64.4 Å². The van der Waals surface area contributed by atoms with Crippen molar-refractivity contribution in [3.8, 4) is 11.6 Å². The van der Waals surface area contributed by atoms with Gasteiger partial charge in [-0.15, -0.1) is 12.7 Å². The average Bonchev–Trinajstić information content (AvgIpc) is 3.80. The number of rotatable bonds is 12. The van der Waals surface area contributed by atoms with E-state index in [0.29, 0.717) is 22.6 Å². The number of allylic oxidation sites excluding steroid dienone is 2. The van der Waals surface area contributed by atoms with Crippen molar-refractivity contribution in [3.05, 3.63) is 76.8 Å². The van der Waals surface area contributed by atoms with E-state index in [1.54, 1.807) is 31.3 Å². The van der Waals surface area contributed by atoms with Gasteiger partial charge in [0.05, 0.1) is 25.0 Å². The summed E-state index contributed by atoms with van der Waals surface area (Å²) in [7, 11) is 4.61. The zero-order chi connectivity index (χ0) is 31.6. The second kappa shape index (κ2) is 17.8. The molecule has 0 spiro atoms. The van der Waals surface area contributed by atoms with Crippen molar-refractivity contribution >= 4 is 17.2 Å². The summed E-state index contributed by atoms with van der Waals surface area (Å²) in [5, 5.41) is 12.7. The van der Waals surface area contributed by atoms with Crippen LogP contribution in [-0.2, 0) is 11.3 Å². The molecule has 0 bridgehead atoms. The molecule has 1 saturated carbocycles. The number of alkyl halides is 3. The quantitative estimate of drug-likeness (QED) is 0.203. The van der Waals surface area contributed by atoms with Gasteiger partial charge in [-0.25, -0.2) is 4.98 Å². The standard InChI is InChI=1S/C29H35F3N5O3.C2H6.K/c1-17(2)40-23-14-35-27(24(26(33)38-7)25(34-5)22-12-13-22)36-28(23)39-16-20-8-10-21(11-9-20)19(4)37(6)15-18(3)29(30,31)32;1-2;/h8-11,14-15,17,22,33H,4,12-13,16H2,1-3,5-7H3;1-2H3;/q-1;;+1/b18-15+,25-24+,33-26?;;. The molecule has 0 aliphatic heterocycles. The Balaban J connectivity index is 0.00000302. The molecule has 1 aromatic heterocycles. The summed E-state index contributed by atoms with van der Waals surface area (Å²) in [6, 6.07) is 7.12. The molecule has 0 unspecified atom stereocenters. The van der Waals surface area contributed by atoms with E-state index in [9.17, 15) is 13.2 Å². The van der Waals surface area contributed by atoms with Gasteiger partial charge in [-0.3, -0.25) is 5.41 Å². The second-order valence-electron chi connectivity index (χ2n) is 9.67. The van der Waals surface area contributed by atoms with Crippen LogP contribution < -0.4 is 60.9 Å². The molecular formula is C31H41F3KN5O3. The molecule has 230 valence electrons. The number of nitrogens with one attached hydrogen (secondary N) is 1. The molecule has 0 saturated heterocycles. The van der Waals surface area contributed by atoms with Crippen LogP contribution >= 0.6 is 0 Å². The van der Waals surface area contributed by atoms with Crippen LogP contribution in [0.5, 0.6) is 11.6 Å². The van der Waals surface area contributed by atoms with Crippen molar-refractivity contribution in [3.63, 3.8) is 0 Å². The van der Waals surface area contributed by atoms with Gasteiger partial charge in [0.25, 0.3) is 5.88 Å². The summed E-state index contributed by atoms with van der Waals surface area (Å²) in [6.07, 6.45) is -0.0910. The van der Waals surface area contributed by atoms with Crippen molar-refractivity contribution in [2.45, 2.75) is 66.3 Å². The van der Waals surface area contributed by atoms with Crippen LogP contribution in [0.15, 0.2) is 54.5 Å². The van der Waals surface area contributed by atoms with Gasteiger partial charge in [-0.1, -0.05) is 44.7 Å². The van der Waals surface area contributed by atoms with Crippen LogP contribution in [-0.4, -0.2) is 54.3 Å². The van der Waals surface area contributed by atoms with E-state index in [-0.39, 0.29) is 87.6 Å². The number of benzene rings is 1. The molecule has 1 fully saturated rings. The summed E-state index contributed by atoms with van der Waals surface area (Å²) in [5.74, 6) is 0.948. The van der Waals surface area contributed by atoms with Crippen LogP contribution in [0.3, 0.4) is 0 Å². The summed E-state index contributed by atoms with van der Waals surface area (Å²) in [4.78, 5) is 10.4. The minimum absolute atomic E-state index is 0. The smallest absolute Gasteiger partial charge is 0.689 e. The van der Waals surface area contributed by atoms with Crippen molar-refractivity contribution < 1.29 is 78.8 Å². The fraction of sp³-hybridized carbons (Fsp3) is 0.452. The van der Waals surface area contributed by atoms with Crippen LogP contribution in [0.2, 0.25) is 0 Å². The van der Waals surface area contributed by atoms with E-state index in [4.69, 9.17) is 19.6 Å². The van der Waals surface area contributed by atoms with Crippen molar-refractivity contribution in [2.75, 3.05) is 21.2 Å². The van der Waals surface area contributed by atoms with E-state index >= 15 is 0 Å². The Morgan fingerprint density at radius 3 is 2.30 bits per heavy atom. The molecule has 43 heavy (non-hydrogen) atoms.